The molecule has 9 nitrogen and oxygen atoms in total. The molecule has 0 aromatic heterocycles. The minimum Gasteiger partial charge on any atom is -0.454 e. The Morgan fingerprint density at radius 1 is 0.812 bits per heavy atom. The highest BCUT2D eigenvalue weighted by atomic mass is 32.2. The lowest BCUT2D eigenvalue weighted by atomic mass is 10.2. The lowest BCUT2D eigenvalue weighted by Crippen LogP contribution is -2.48. The summed E-state index contributed by atoms with van der Waals surface area (Å²) < 4.78 is 38.4. The minimum atomic E-state index is -3.65. The average Bonchev–Trinajstić information content (AvgIpc) is 3.40. The molecule has 168 valence electrons. The second-order valence-electron chi connectivity index (χ2n) is 7.98. The summed E-state index contributed by atoms with van der Waals surface area (Å²) in [7, 11) is -3.65. The first-order valence-electron chi connectivity index (χ1n) is 10.5. The van der Waals surface area contributed by atoms with E-state index >= 15 is 0 Å². The number of sulfonamides is 1. The first kappa shape index (κ1) is 20.9. The molecule has 3 heterocycles. The van der Waals surface area contributed by atoms with Gasteiger partial charge < -0.3 is 9.47 Å². The van der Waals surface area contributed by atoms with Gasteiger partial charge in [-0.3, -0.25) is 19.4 Å². The zero-order chi connectivity index (χ0) is 22.3. The summed E-state index contributed by atoms with van der Waals surface area (Å²) in [5.41, 5.74) is 1.50. The highest BCUT2D eigenvalue weighted by Gasteiger charge is 2.32. The largest absolute Gasteiger partial charge is 0.454 e. The summed E-state index contributed by atoms with van der Waals surface area (Å²) in [6.45, 7) is 2.94. The van der Waals surface area contributed by atoms with E-state index in [0.717, 1.165) is 22.0 Å². The van der Waals surface area contributed by atoms with Crippen molar-refractivity contribution in [2.24, 2.45) is 0 Å². The minimum absolute atomic E-state index is 0.157. The van der Waals surface area contributed by atoms with E-state index in [1.165, 1.54) is 28.6 Å². The topological polar surface area (TPSA) is 96.5 Å². The molecule has 2 saturated heterocycles. The number of fused-ring (bicyclic) bond motifs is 1. The molecule has 0 unspecified atom stereocenters. The normalized spacial score (nSPS) is 19.7. The number of nitrogens with zero attached hydrogens (tertiary/aromatic N) is 3. The van der Waals surface area contributed by atoms with Crippen LogP contribution in [0.15, 0.2) is 47.4 Å². The molecule has 3 aliphatic rings. The maximum atomic E-state index is 13.1. The molecule has 3 aliphatic heterocycles. The van der Waals surface area contributed by atoms with E-state index in [2.05, 4.69) is 4.90 Å². The van der Waals surface area contributed by atoms with Crippen molar-refractivity contribution in [1.29, 1.82) is 0 Å². The number of hydrogen-bond donors (Lipinski definition) is 0. The summed E-state index contributed by atoms with van der Waals surface area (Å²) in [5.74, 6) is 0.965. The maximum absolute atomic E-state index is 13.1. The molecule has 5 rings (SSSR count). The maximum Gasteiger partial charge on any atom is 0.243 e. The van der Waals surface area contributed by atoms with Crippen molar-refractivity contribution >= 4 is 27.5 Å². The average molecular weight is 458 g/mol. The molecule has 10 heteroatoms. The third-order valence-electron chi connectivity index (χ3n) is 5.96. The Kier molecular flexibility index (Phi) is 5.36. The molecular weight excluding hydrogens is 434 g/mol. The van der Waals surface area contributed by atoms with Gasteiger partial charge in [0.2, 0.25) is 28.6 Å². The molecule has 2 fully saturated rings. The van der Waals surface area contributed by atoms with Gasteiger partial charge in [-0.15, -0.1) is 0 Å². The highest BCUT2D eigenvalue weighted by Crippen LogP contribution is 2.33. The van der Waals surface area contributed by atoms with Gasteiger partial charge in [-0.05, 0) is 42.0 Å². The van der Waals surface area contributed by atoms with E-state index in [1.807, 2.05) is 18.2 Å². The fourth-order valence-corrected chi connectivity index (χ4v) is 5.63. The van der Waals surface area contributed by atoms with Crippen LogP contribution in [-0.2, 0) is 26.2 Å². The van der Waals surface area contributed by atoms with Crippen LogP contribution < -0.4 is 14.4 Å². The number of piperazine rings is 1. The van der Waals surface area contributed by atoms with Crippen molar-refractivity contribution in [3.8, 4) is 11.5 Å². The van der Waals surface area contributed by atoms with Gasteiger partial charge in [-0.1, -0.05) is 6.07 Å². The zero-order valence-corrected chi connectivity index (χ0v) is 18.2. The number of amides is 2. The number of hydrogen-bond acceptors (Lipinski definition) is 7. The standard InChI is InChI=1S/C22H23N3O6S/c26-21-7-8-22(27)25(21)17-2-4-18(5-3-17)32(28,29)24-11-9-23(10-12-24)14-16-1-6-19-20(13-16)31-15-30-19/h1-6,13H,7-12,14-15H2. The summed E-state index contributed by atoms with van der Waals surface area (Å²) in [6.07, 6.45) is 0.380. The van der Waals surface area contributed by atoms with Crippen molar-refractivity contribution in [3.05, 3.63) is 48.0 Å². The molecule has 0 spiro atoms. The van der Waals surface area contributed by atoms with Crippen LogP contribution in [0.5, 0.6) is 11.5 Å². The van der Waals surface area contributed by atoms with E-state index in [0.29, 0.717) is 38.4 Å². The van der Waals surface area contributed by atoms with Crippen LogP contribution >= 0.6 is 0 Å². The van der Waals surface area contributed by atoms with Crippen molar-refractivity contribution in [3.63, 3.8) is 0 Å². The van der Waals surface area contributed by atoms with Crippen LogP contribution in [0.2, 0.25) is 0 Å². The number of carbonyl (C=O) groups excluding carboxylic acids is 2. The van der Waals surface area contributed by atoms with Crippen LogP contribution in [0, 0.1) is 0 Å². The molecule has 0 atom stereocenters. The number of anilines is 1. The Labute approximate surface area is 186 Å². The lowest BCUT2D eigenvalue weighted by molar-refractivity contribution is -0.121. The number of ether oxygens (including phenoxy) is 2. The van der Waals surface area contributed by atoms with Crippen molar-refractivity contribution in [2.45, 2.75) is 24.3 Å². The van der Waals surface area contributed by atoms with Gasteiger partial charge >= 0.3 is 0 Å². The lowest BCUT2D eigenvalue weighted by Gasteiger charge is -2.34. The third kappa shape index (κ3) is 3.85. The number of carbonyl (C=O) groups is 2. The Balaban J connectivity index is 1.22. The summed E-state index contributed by atoms with van der Waals surface area (Å²) in [6, 6.07) is 11.8. The number of imide groups is 1. The quantitative estimate of drug-likeness (QED) is 0.629. The molecule has 2 aromatic carbocycles. The van der Waals surface area contributed by atoms with E-state index in [9.17, 15) is 18.0 Å². The Morgan fingerprint density at radius 3 is 2.16 bits per heavy atom. The third-order valence-corrected chi connectivity index (χ3v) is 7.87. The van der Waals surface area contributed by atoms with Crippen molar-refractivity contribution in [1.82, 2.24) is 9.21 Å². The van der Waals surface area contributed by atoms with Gasteiger partial charge in [0, 0.05) is 45.6 Å². The molecule has 2 aromatic rings. The number of benzene rings is 2. The van der Waals surface area contributed by atoms with E-state index in [1.54, 1.807) is 0 Å². The van der Waals surface area contributed by atoms with E-state index in [-0.39, 0.29) is 36.3 Å². The monoisotopic (exact) mass is 457 g/mol. The summed E-state index contributed by atoms with van der Waals surface area (Å²) >= 11 is 0. The van der Waals surface area contributed by atoms with Gasteiger partial charge in [-0.25, -0.2) is 8.42 Å². The molecule has 0 radical (unpaired) electrons. The smallest absolute Gasteiger partial charge is 0.243 e. The first-order valence-corrected chi connectivity index (χ1v) is 11.9. The molecule has 2 amide bonds. The van der Waals surface area contributed by atoms with Crippen LogP contribution in [0.3, 0.4) is 0 Å². The number of rotatable bonds is 5. The Morgan fingerprint density at radius 2 is 1.47 bits per heavy atom. The zero-order valence-electron chi connectivity index (χ0n) is 17.4. The van der Waals surface area contributed by atoms with Crippen LogP contribution in [0.25, 0.3) is 0 Å². The fourth-order valence-electron chi connectivity index (χ4n) is 4.21. The molecule has 0 saturated carbocycles. The van der Waals surface area contributed by atoms with Gasteiger partial charge in [0.15, 0.2) is 11.5 Å². The van der Waals surface area contributed by atoms with Crippen molar-refractivity contribution < 1.29 is 27.5 Å². The van der Waals surface area contributed by atoms with Crippen LogP contribution in [0.1, 0.15) is 18.4 Å². The second-order valence-corrected chi connectivity index (χ2v) is 9.92. The fraction of sp³-hybridized carbons (Fsp3) is 0.364. The first-order chi connectivity index (χ1) is 15.4. The Bertz CT molecular complexity index is 1140. The van der Waals surface area contributed by atoms with Crippen LogP contribution in [-0.4, -0.2) is 62.4 Å². The van der Waals surface area contributed by atoms with Gasteiger partial charge in [0.05, 0.1) is 10.6 Å². The van der Waals surface area contributed by atoms with Gasteiger partial charge in [0.25, 0.3) is 0 Å². The van der Waals surface area contributed by atoms with Crippen molar-refractivity contribution in [2.75, 3.05) is 37.9 Å². The highest BCUT2D eigenvalue weighted by molar-refractivity contribution is 7.89. The van der Waals surface area contributed by atoms with E-state index in [4.69, 9.17) is 9.47 Å². The second kappa shape index (κ2) is 8.19. The molecule has 0 aliphatic carbocycles. The summed E-state index contributed by atoms with van der Waals surface area (Å²) in [4.78, 5) is 27.3. The van der Waals surface area contributed by atoms with E-state index < -0.39 is 10.0 Å². The molecular formula is C22H23N3O6S. The molecule has 32 heavy (non-hydrogen) atoms. The summed E-state index contributed by atoms with van der Waals surface area (Å²) in [5, 5.41) is 0. The molecule has 0 N–H and O–H groups in total. The van der Waals surface area contributed by atoms with Gasteiger partial charge in [0.1, 0.15) is 0 Å². The molecule has 0 bridgehead atoms. The van der Waals surface area contributed by atoms with Crippen LogP contribution in [0.4, 0.5) is 5.69 Å². The Hall–Kier alpha value is -2.95. The SMILES string of the molecule is O=C1CCC(=O)N1c1ccc(S(=O)(=O)N2CCN(Cc3ccc4c(c3)OCO4)CC2)cc1. The predicted octanol–water partition coefficient (Wildman–Crippen LogP) is 1.58. The van der Waals surface area contributed by atoms with Gasteiger partial charge in [-0.2, -0.15) is 4.31 Å². The predicted molar refractivity (Wildman–Crippen MR) is 115 cm³/mol.